The largest absolute Gasteiger partial charge is 0.481 e. The molecule has 0 aliphatic carbocycles. The van der Waals surface area contributed by atoms with Crippen LogP contribution in [-0.2, 0) is 17.6 Å². The predicted octanol–water partition coefficient (Wildman–Crippen LogP) is 2.90. The summed E-state index contributed by atoms with van der Waals surface area (Å²) in [6.07, 6.45) is 1.03. The number of rotatable bonds is 5. The molecule has 0 saturated carbocycles. The van der Waals surface area contributed by atoms with Gasteiger partial charge >= 0.3 is 5.97 Å². The van der Waals surface area contributed by atoms with Crippen molar-refractivity contribution in [2.24, 2.45) is 5.92 Å². The van der Waals surface area contributed by atoms with E-state index in [1.165, 1.54) is 5.56 Å². The molecule has 0 aliphatic rings. The van der Waals surface area contributed by atoms with Crippen LogP contribution >= 0.6 is 0 Å². The summed E-state index contributed by atoms with van der Waals surface area (Å²) in [5.41, 5.74) is 3.71. The van der Waals surface area contributed by atoms with Crippen LogP contribution in [0.5, 0.6) is 0 Å². The topological polar surface area (TPSA) is 66.0 Å². The molecule has 2 aromatic rings. The summed E-state index contributed by atoms with van der Waals surface area (Å²) in [5.74, 6) is -0.221. The second kappa shape index (κ2) is 5.69. The van der Waals surface area contributed by atoms with E-state index in [9.17, 15) is 4.79 Å². The van der Waals surface area contributed by atoms with Gasteiger partial charge in [-0.15, -0.1) is 0 Å². The fraction of sp³-hybridized carbons (Fsp3) is 0.333. The van der Waals surface area contributed by atoms with E-state index < -0.39 is 5.97 Å². The first-order valence-electron chi connectivity index (χ1n) is 6.40. The molecule has 4 heteroatoms. The highest BCUT2D eigenvalue weighted by molar-refractivity contribution is 5.70. The summed E-state index contributed by atoms with van der Waals surface area (Å²) in [4.78, 5) is 10.6. The van der Waals surface area contributed by atoms with E-state index in [1.807, 2.05) is 12.1 Å². The van der Waals surface area contributed by atoms with Gasteiger partial charge in [0.1, 0.15) is 0 Å². The Balaban J connectivity index is 2.13. The second-order valence-electron chi connectivity index (χ2n) is 5.14. The SMILES string of the molecule is CC(C)Cc1ccc(-c2cc(CC(=O)O)[nH]n2)cc1. The first kappa shape index (κ1) is 13.3. The Kier molecular flexibility index (Phi) is 4.00. The van der Waals surface area contributed by atoms with Crippen molar-refractivity contribution in [1.29, 1.82) is 0 Å². The molecule has 2 rings (SSSR count). The van der Waals surface area contributed by atoms with Crippen molar-refractivity contribution < 1.29 is 9.90 Å². The van der Waals surface area contributed by atoms with Gasteiger partial charge in [0.2, 0.25) is 0 Å². The Bertz CT molecular complexity index is 556. The molecule has 0 spiro atoms. The van der Waals surface area contributed by atoms with E-state index in [0.717, 1.165) is 17.7 Å². The van der Waals surface area contributed by atoms with Crippen LogP contribution in [0.1, 0.15) is 25.1 Å². The van der Waals surface area contributed by atoms with Crippen molar-refractivity contribution in [1.82, 2.24) is 10.2 Å². The monoisotopic (exact) mass is 258 g/mol. The molecule has 0 saturated heterocycles. The lowest BCUT2D eigenvalue weighted by atomic mass is 10.0. The van der Waals surface area contributed by atoms with Crippen LogP contribution < -0.4 is 0 Å². The smallest absolute Gasteiger partial charge is 0.309 e. The Hall–Kier alpha value is -2.10. The van der Waals surface area contributed by atoms with Gasteiger partial charge in [0.05, 0.1) is 12.1 Å². The molecular weight excluding hydrogens is 240 g/mol. The fourth-order valence-corrected chi connectivity index (χ4v) is 2.05. The number of aromatic amines is 1. The van der Waals surface area contributed by atoms with Gasteiger partial charge in [0.25, 0.3) is 0 Å². The van der Waals surface area contributed by atoms with Crippen molar-refractivity contribution in [3.05, 3.63) is 41.6 Å². The summed E-state index contributed by atoms with van der Waals surface area (Å²) in [6.45, 7) is 4.39. The first-order valence-corrected chi connectivity index (χ1v) is 6.40. The average molecular weight is 258 g/mol. The van der Waals surface area contributed by atoms with Crippen molar-refractivity contribution in [3.8, 4) is 11.3 Å². The Morgan fingerprint density at radius 3 is 2.58 bits per heavy atom. The highest BCUT2D eigenvalue weighted by atomic mass is 16.4. The fourth-order valence-electron chi connectivity index (χ4n) is 2.05. The van der Waals surface area contributed by atoms with Gasteiger partial charge in [-0.2, -0.15) is 5.10 Å². The molecule has 2 N–H and O–H groups in total. The number of carboxylic acid groups (broad SMARTS) is 1. The maximum absolute atomic E-state index is 10.6. The summed E-state index contributed by atoms with van der Waals surface area (Å²) in [5, 5.41) is 15.6. The molecule has 0 fully saturated rings. The van der Waals surface area contributed by atoms with E-state index >= 15 is 0 Å². The molecule has 0 unspecified atom stereocenters. The van der Waals surface area contributed by atoms with Crippen LogP contribution in [-0.4, -0.2) is 21.3 Å². The van der Waals surface area contributed by atoms with E-state index in [2.05, 4.69) is 36.2 Å². The van der Waals surface area contributed by atoms with Crippen LogP contribution in [0.2, 0.25) is 0 Å². The molecule has 0 aliphatic heterocycles. The number of nitrogens with zero attached hydrogens (tertiary/aromatic N) is 1. The predicted molar refractivity (Wildman–Crippen MR) is 73.9 cm³/mol. The number of H-pyrrole nitrogens is 1. The van der Waals surface area contributed by atoms with Gasteiger partial charge in [-0.3, -0.25) is 9.89 Å². The van der Waals surface area contributed by atoms with Crippen molar-refractivity contribution in [2.45, 2.75) is 26.7 Å². The Morgan fingerprint density at radius 1 is 1.32 bits per heavy atom. The highest BCUT2D eigenvalue weighted by Crippen LogP contribution is 2.19. The van der Waals surface area contributed by atoms with Gasteiger partial charge < -0.3 is 5.11 Å². The Morgan fingerprint density at radius 2 is 2.00 bits per heavy atom. The third kappa shape index (κ3) is 3.68. The van der Waals surface area contributed by atoms with Crippen LogP contribution in [0, 0.1) is 5.92 Å². The van der Waals surface area contributed by atoms with Gasteiger partial charge in [-0.05, 0) is 24.0 Å². The van der Waals surface area contributed by atoms with Crippen molar-refractivity contribution in [3.63, 3.8) is 0 Å². The molecular formula is C15H18N2O2. The number of aliphatic carboxylic acids is 1. The summed E-state index contributed by atoms with van der Waals surface area (Å²) < 4.78 is 0. The summed E-state index contributed by atoms with van der Waals surface area (Å²) in [6, 6.07) is 10.0. The zero-order valence-corrected chi connectivity index (χ0v) is 11.2. The molecule has 4 nitrogen and oxygen atoms in total. The number of hydrogen-bond acceptors (Lipinski definition) is 2. The van der Waals surface area contributed by atoms with Crippen molar-refractivity contribution in [2.75, 3.05) is 0 Å². The lowest BCUT2D eigenvalue weighted by Gasteiger charge is -2.05. The average Bonchev–Trinajstić information content (AvgIpc) is 2.76. The molecule has 0 amide bonds. The van der Waals surface area contributed by atoms with Crippen LogP contribution in [0.15, 0.2) is 30.3 Å². The van der Waals surface area contributed by atoms with Gasteiger partial charge in [-0.25, -0.2) is 0 Å². The van der Waals surface area contributed by atoms with Crippen LogP contribution in [0.25, 0.3) is 11.3 Å². The van der Waals surface area contributed by atoms with Crippen LogP contribution in [0.3, 0.4) is 0 Å². The summed E-state index contributed by atoms with van der Waals surface area (Å²) in [7, 11) is 0. The van der Waals surface area contributed by atoms with Gasteiger partial charge in [0, 0.05) is 11.3 Å². The third-order valence-corrected chi connectivity index (χ3v) is 2.87. The van der Waals surface area contributed by atoms with Crippen molar-refractivity contribution >= 4 is 5.97 Å². The maximum atomic E-state index is 10.6. The quantitative estimate of drug-likeness (QED) is 0.866. The number of aromatic nitrogens is 2. The van der Waals surface area contributed by atoms with E-state index in [1.54, 1.807) is 6.07 Å². The van der Waals surface area contributed by atoms with E-state index in [-0.39, 0.29) is 6.42 Å². The van der Waals surface area contributed by atoms with Gasteiger partial charge in [-0.1, -0.05) is 38.1 Å². The third-order valence-electron chi connectivity index (χ3n) is 2.87. The zero-order chi connectivity index (χ0) is 13.8. The van der Waals surface area contributed by atoms with E-state index in [0.29, 0.717) is 11.6 Å². The maximum Gasteiger partial charge on any atom is 0.309 e. The molecule has 0 bridgehead atoms. The summed E-state index contributed by atoms with van der Waals surface area (Å²) >= 11 is 0. The minimum Gasteiger partial charge on any atom is -0.481 e. The first-order chi connectivity index (χ1) is 9.04. The number of nitrogens with one attached hydrogen (secondary N) is 1. The Labute approximate surface area is 112 Å². The highest BCUT2D eigenvalue weighted by Gasteiger charge is 2.07. The number of carbonyl (C=O) groups is 1. The zero-order valence-electron chi connectivity index (χ0n) is 11.2. The van der Waals surface area contributed by atoms with Crippen LogP contribution in [0.4, 0.5) is 0 Å². The molecule has 0 atom stereocenters. The second-order valence-corrected chi connectivity index (χ2v) is 5.14. The minimum absolute atomic E-state index is 0.0293. The molecule has 1 heterocycles. The number of benzene rings is 1. The molecule has 1 aromatic carbocycles. The molecule has 19 heavy (non-hydrogen) atoms. The molecule has 1 aromatic heterocycles. The minimum atomic E-state index is -0.859. The number of hydrogen-bond donors (Lipinski definition) is 2. The standard InChI is InChI=1S/C15H18N2O2/c1-10(2)7-11-3-5-12(6-4-11)14-8-13(16-17-14)9-15(18)19/h3-6,8,10H,7,9H2,1-2H3,(H,16,17)(H,18,19). The lowest BCUT2D eigenvalue weighted by molar-refractivity contribution is -0.136. The van der Waals surface area contributed by atoms with Gasteiger partial charge in [0.15, 0.2) is 0 Å². The molecule has 0 radical (unpaired) electrons. The molecule has 100 valence electrons. The lowest BCUT2D eigenvalue weighted by Crippen LogP contribution is -1.99. The number of carboxylic acids is 1. The normalized spacial score (nSPS) is 10.9. The van der Waals surface area contributed by atoms with E-state index in [4.69, 9.17) is 5.11 Å².